The number of aromatic nitrogens is 2. The van der Waals surface area contributed by atoms with Gasteiger partial charge in [0.25, 0.3) is 0 Å². The molecule has 0 spiro atoms. The number of hydrogen-bond acceptors (Lipinski definition) is 2. The monoisotopic (exact) mass is 283 g/mol. The lowest BCUT2D eigenvalue weighted by molar-refractivity contribution is 0.255. The maximum absolute atomic E-state index is 6.13. The minimum absolute atomic E-state index is 0.377. The molecule has 1 atom stereocenters. The quantitative estimate of drug-likeness (QED) is 0.923. The summed E-state index contributed by atoms with van der Waals surface area (Å²) in [4.78, 5) is 4.41. The molecule has 1 fully saturated rings. The Bertz CT molecular complexity index is 582. The molecule has 3 rings (SSSR count). The lowest BCUT2D eigenvalue weighted by Crippen LogP contribution is -2.28. The van der Waals surface area contributed by atoms with Crippen molar-refractivity contribution in [2.75, 3.05) is 6.54 Å². The van der Waals surface area contributed by atoms with Gasteiger partial charge in [0.2, 0.25) is 0 Å². The third kappa shape index (κ3) is 2.88. The number of rotatable bonds is 4. The van der Waals surface area contributed by atoms with Crippen LogP contribution in [0.3, 0.4) is 0 Å². The van der Waals surface area contributed by atoms with Crippen LogP contribution >= 0.6 is 0 Å². The van der Waals surface area contributed by atoms with E-state index in [0.717, 1.165) is 0 Å². The Morgan fingerprint density at radius 1 is 1.24 bits per heavy atom. The second kappa shape index (κ2) is 6.44. The highest BCUT2D eigenvalue weighted by Gasteiger charge is 2.25. The van der Waals surface area contributed by atoms with Crippen LogP contribution in [0.25, 0.3) is 11.3 Å². The fourth-order valence-electron chi connectivity index (χ4n) is 3.69. The maximum Gasteiger partial charge on any atom is 0.0954 e. The number of imidazole rings is 1. The van der Waals surface area contributed by atoms with Gasteiger partial charge in [-0.1, -0.05) is 43.5 Å². The van der Waals surface area contributed by atoms with Gasteiger partial charge in [-0.2, -0.15) is 0 Å². The molecule has 1 aliphatic carbocycles. The second-order valence-corrected chi connectivity index (χ2v) is 6.20. The van der Waals surface area contributed by atoms with Crippen molar-refractivity contribution in [2.24, 2.45) is 11.7 Å². The Labute approximate surface area is 127 Å². The molecule has 112 valence electrons. The van der Waals surface area contributed by atoms with E-state index in [-0.39, 0.29) is 0 Å². The molecule has 1 aliphatic rings. The minimum Gasteiger partial charge on any atom is -0.328 e. The van der Waals surface area contributed by atoms with E-state index in [9.17, 15) is 0 Å². The summed E-state index contributed by atoms with van der Waals surface area (Å²) in [7, 11) is 0. The fourth-order valence-corrected chi connectivity index (χ4v) is 3.69. The standard InChI is InChI=1S/C18H25N3/c1-14-7-5-6-10-16(14)18-12-20-13-21(18)17(11-19)15-8-3-2-4-9-15/h5-7,10,12-13,15,17H,2-4,8-9,11,19H2,1H3. The molecular weight excluding hydrogens is 258 g/mol. The summed E-state index contributed by atoms with van der Waals surface area (Å²) in [6.45, 7) is 2.85. The number of aryl methyl sites for hydroxylation is 1. The Morgan fingerprint density at radius 2 is 2.00 bits per heavy atom. The first kappa shape index (κ1) is 14.3. The average Bonchev–Trinajstić information content (AvgIpc) is 2.99. The third-order valence-corrected chi connectivity index (χ3v) is 4.88. The molecule has 1 aromatic carbocycles. The molecule has 0 bridgehead atoms. The van der Waals surface area contributed by atoms with Crippen LogP contribution in [0.15, 0.2) is 36.8 Å². The predicted octanol–water partition coefficient (Wildman–Crippen LogP) is 3.94. The van der Waals surface area contributed by atoms with Crippen molar-refractivity contribution in [2.45, 2.75) is 45.1 Å². The van der Waals surface area contributed by atoms with Gasteiger partial charge in [-0.15, -0.1) is 0 Å². The number of benzene rings is 1. The summed E-state index contributed by atoms with van der Waals surface area (Å²) < 4.78 is 2.32. The van der Waals surface area contributed by atoms with Crippen LogP contribution in [0.5, 0.6) is 0 Å². The number of hydrogen-bond donors (Lipinski definition) is 1. The first-order valence-electron chi connectivity index (χ1n) is 8.09. The minimum atomic E-state index is 0.377. The number of nitrogens with two attached hydrogens (primary N) is 1. The van der Waals surface area contributed by atoms with Crippen LogP contribution in [0.4, 0.5) is 0 Å². The van der Waals surface area contributed by atoms with Crippen LogP contribution in [-0.4, -0.2) is 16.1 Å². The molecular formula is C18H25N3. The van der Waals surface area contributed by atoms with Crippen molar-refractivity contribution < 1.29 is 0 Å². The van der Waals surface area contributed by atoms with Crippen LogP contribution in [0, 0.1) is 12.8 Å². The van der Waals surface area contributed by atoms with Gasteiger partial charge in [0, 0.05) is 12.1 Å². The molecule has 3 nitrogen and oxygen atoms in total. The summed E-state index contributed by atoms with van der Waals surface area (Å²) in [5, 5.41) is 0. The zero-order chi connectivity index (χ0) is 14.7. The summed E-state index contributed by atoms with van der Waals surface area (Å²) in [6, 6.07) is 8.89. The van der Waals surface area contributed by atoms with E-state index in [0.29, 0.717) is 18.5 Å². The molecule has 1 unspecified atom stereocenters. The molecule has 0 radical (unpaired) electrons. The Morgan fingerprint density at radius 3 is 2.71 bits per heavy atom. The van der Waals surface area contributed by atoms with E-state index in [1.165, 1.54) is 48.9 Å². The van der Waals surface area contributed by atoms with E-state index in [1.54, 1.807) is 0 Å². The zero-order valence-electron chi connectivity index (χ0n) is 12.8. The predicted molar refractivity (Wildman–Crippen MR) is 87.1 cm³/mol. The molecule has 0 amide bonds. The lowest BCUT2D eigenvalue weighted by Gasteiger charge is -2.31. The summed E-state index contributed by atoms with van der Waals surface area (Å²) in [6.07, 6.45) is 10.6. The number of nitrogens with zero attached hydrogens (tertiary/aromatic N) is 2. The van der Waals surface area contributed by atoms with Gasteiger partial charge in [-0.25, -0.2) is 4.98 Å². The molecule has 1 heterocycles. The first-order chi connectivity index (χ1) is 10.3. The van der Waals surface area contributed by atoms with Crippen molar-refractivity contribution in [1.82, 2.24) is 9.55 Å². The summed E-state index contributed by atoms with van der Waals surface area (Å²) >= 11 is 0. The molecule has 2 N–H and O–H groups in total. The van der Waals surface area contributed by atoms with Crippen molar-refractivity contribution in [1.29, 1.82) is 0 Å². The molecule has 3 heteroatoms. The Kier molecular flexibility index (Phi) is 4.39. The van der Waals surface area contributed by atoms with Gasteiger partial charge in [-0.05, 0) is 31.2 Å². The highest BCUT2D eigenvalue weighted by Crippen LogP contribution is 2.35. The molecule has 21 heavy (non-hydrogen) atoms. The smallest absolute Gasteiger partial charge is 0.0954 e. The van der Waals surface area contributed by atoms with Gasteiger partial charge in [0.1, 0.15) is 0 Å². The summed E-state index contributed by atoms with van der Waals surface area (Å²) in [5.41, 5.74) is 9.89. The average molecular weight is 283 g/mol. The van der Waals surface area contributed by atoms with Crippen molar-refractivity contribution in [3.8, 4) is 11.3 Å². The largest absolute Gasteiger partial charge is 0.328 e. The van der Waals surface area contributed by atoms with Crippen molar-refractivity contribution >= 4 is 0 Å². The van der Waals surface area contributed by atoms with Gasteiger partial charge < -0.3 is 10.3 Å². The molecule has 0 aliphatic heterocycles. The van der Waals surface area contributed by atoms with Crippen LogP contribution in [0.1, 0.15) is 43.7 Å². The van der Waals surface area contributed by atoms with E-state index in [1.807, 2.05) is 12.5 Å². The van der Waals surface area contributed by atoms with Crippen LogP contribution in [0.2, 0.25) is 0 Å². The maximum atomic E-state index is 6.13. The van der Waals surface area contributed by atoms with Crippen LogP contribution < -0.4 is 5.73 Å². The van der Waals surface area contributed by atoms with Crippen molar-refractivity contribution in [3.63, 3.8) is 0 Å². The second-order valence-electron chi connectivity index (χ2n) is 6.20. The lowest BCUT2D eigenvalue weighted by atomic mass is 9.83. The van der Waals surface area contributed by atoms with E-state index < -0.39 is 0 Å². The van der Waals surface area contributed by atoms with E-state index in [2.05, 4.69) is 40.7 Å². The molecule has 2 aromatic rings. The third-order valence-electron chi connectivity index (χ3n) is 4.88. The Hall–Kier alpha value is -1.61. The SMILES string of the molecule is Cc1ccccc1-c1cncn1C(CN)C1CCCCC1. The van der Waals surface area contributed by atoms with Gasteiger partial charge >= 0.3 is 0 Å². The summed E-state index contributed by atoms with van der Waals surface area (Å²) in [5.74, 6) is 0.695. The Balaban J connectivity index is 1.95. The van der Waals surface area contributed by atoms with Crippen molar-refractivity contribution in [3.05, 3.63) is 42.4 Å². The fraction of sp³-hybridized carbons (Fsp3) is 0.500. The van der Waals surface area contributed by atoms with Crippen LogP contribution in [-0.2, 0) is 0 Å². The highest BCUT2D eigenvalue weighted by atomic mass is 15.1. The first-order valence-corrected chi connectivity index (χ1v) is 8.09. The van der Waals surface area contributed by atoms with E-state index >= 15 is 0 Å². The van der Waals surface area contributed by atoms with E-state index in [4.69, 9.17) is 5.73 Å². The normalized spacial score (nSPS) is 17.8. The molecule has 1 saturated carbocycles. The van der Waals surface area contributed by atoms with Gasteiger partial charge in [-0.3, -0.25) is 0 Å². The topological polar surface area (TPSA) is 43.8 Å². The molecule has 1 aromatic heterocycles. The van der Waals surface area contributed by atoms with Gasteiger partial charge in [0.05, 0.1) is 24.3 Å². The highest BCUT2D eigenvalue weighted by molar-refractivity contribution is 5.63. The zero-order valence-corrected chi connectivity index (χ0v) is 12.8. The van der Waals surface area contributed by atoms with Gasteiger partial charge in [0.15, 0.2) is 0 Å². The molecule has 0 saturated heterocycles.